The van der Waals surface area contributed by atoms with Crippen LogP contribution in [0.15, 0.2) is 35.1 Å². The molecule has 0 fully saturated rings. The van der Waals surface area contributed by atoms with Crippen LogP contribution in [0.1, 0.15) is 70.5 Å². The van der Waals surface area contributed by atoms with E-state index in [1.54, 1.807) is 39.8 Å². The van der Waals surface area contributed by atoms with Crippen molar-refractivity contribution in [2.45, 2.75) is 39.3 Å². The Morgan fingerprint density at radius 3 is 2.28 bits per heavy atom. The van der Waals surface area contributed by atoms with Gasteiger partial charge in [-0.3, -0.25) is 9.59 Å². The number of hydroxylamine groups is 2. The summed E-state index contributed by atoms with van der Waals surface area (Å²) in [5.74, 6) is -2.54. The van der Waals surface area contributed by atoms with Crippen molar-refractivity contribution >= 4 is 23.9 Å². The Bertz CT molecular complexity index is 955. The molecule has 29 heavy (non-hydrogen) atoms. The van der Waals surface area contributed by atoms with Crippen molar-refractivity contribution in [1.29, 1.82) is 0 Å². The number of benzene rings is 1. The molecular weight excluding hydrogens is 382 g/mol. The van der Waals surface area contributed by atoms with Gasteiger partial charge in [-0.05, 0) is 39.8 Å². The quantitative estimate of drug-likeness (QED) is 0.774. The highest BCUT2D eigenvalue weighted by Crippen LogP contribution is 2.25. The lowest BCUT2D eigenvalue weighted by atomic mass is 10.1. The van der Waals surface area contributed by atoms with Gasteiger partial charge in [-0.25, -0.2) is 9.59 Å². The van der Waals surface area contributed by atoms with E-state index in [2.05, 4.69) is 10.5 Å². The summed E-state index contributed by atoms with van der Waals surface area (Å²) in [5, 5.41) is 6.61. The van der Waals surface area contributed by atoms with Crippen LogP contribution in [0.4, 0.5) is 4.79 Å². The second-order valence-electron chi connectivity index (χ2n) is 7.31. The molecule has 0 bridgehead atoms. The molecule has 152 valence electrons. The molecule has 0 saturated heterocycles. The number of hydrogen-bond donors (Lipinski definition) is 1. The highest BCUT2D eigenvalue weighted by molar-refractivity contribution is 6.21. The van der Waals surface area contributed by atoms with Gasteiger partial charge in [0.05, 0.1) is 17.2 Å². The fourth-order valence-electron chi connectivity index (χ4n) is 2.65. The first kappa shape index (κ1) is 20.1. The molecule has 0 radical (unpaired) electrons. The average Bonchev–Trinajstić information content (AvgIpc) is 3.20. The Labute approximate surface area is 165 Å². The Balaban J connectivity index is 1.72. The van der Waals surface area contributed by atoms with Crippen LogP contribution < -0.4 is 5.32 Å². The molecule has 0 saturated carbocycles. The number of nitrogens with zero attached hydrogens (tertiary/aromatic N) is 2. The Kier molecular flexibility index (Phi) is 5.10. The lowest BCUT2D eigenvalue weighted by Crippen LogP contribution is -2.35. The first-order valence-electron chi connectivity index (χ1n) is 8.72. The number of alkyl carbamates (subject to hydrolysis) is 1. The van der Waals surface area contributed by atoms with E-state index in [1.165, 1.54) is 12.1 Å². The van der Waals surface area contributed by atoms with Gasteiger partial charge in [-0.15, -0.1) is 0 Å². The van der Waals surface area contributed by atoms with Crippen molar-refractivity contribution in [3.05, 3.63) is 52.9 Å². The summed E-state index contributed by atoms with van der Waals surface area (Å²) in [5.41, 5.74) is -0.532. The van der Waals surface area contributed by atoms with Gasteiger partial charge in [-0.1, -0.05) is 22.4 Å². The molecule has 3 amide bonds. The monoisotopic (exact) mass is 401 g/mol. The molecule has 2 heterocycles. The second-order valence-corrected chi connectivity index (χ2v) is 7.31. The van der Waals surface area contributed by atoms with Crippen LogP contribution in [0.25, 0.3) is 0 Å². The van der Waals surface area contributed by atoms with Gasteiger partial charge in [0.15, 0.2) is 0 Å². The number of fused-ring (bicyclic) bond motifs is 1. The number of carbonyl (C=O) groups excluding carboxylic acids is 4. The van der Waals surface area contributed by atoms with Crippen LogP contribution in [-0.2, 0) is 9.57 Å². The molecule has 10 heteroatoms. The third-order valence-electron chi connectivity index (χ3n) is 3.89. The molecule has 0 spiro atoms. The summed E-state index contributed by atoms with van der Waals surface area (Å²) in [4.78, 5) is 54.1. The van der Waals surface area contributed by atoms with Crippen molar-refractivity contribution in [3.63, 3.8) is 0 Å². The lowest BCUT2D eigenvalue weighted by Gasteiger charge is -2.21. The number of aromatic nitrogens is 1. The van der Waals surface area contributed by atoms with E-state index in [4.69, 9.17) is 14.1 Å². The molecule has 1 aliphatic heterocycles. The molecule has 1 unspecified atom stereocenters. The third kappa shape index (κ3) is 4.10. The van der Waals surface area contributed by atoms with Crippen LogP contribution in [0, 0.1) is 0 Å². The highest BCUT2D eigenvalue weighted by atomic mass is 16.7. The van der Waals surface area contributed by atoms with Gasteiger partial charge in [0.25, 0.3) is 11.8 Å². The summed E-state index contributed by atoms with van der Waals surface area (Å²) in [7, 11) is 0. The van der Waals surface area contributed by atoms with Crippen molar-refractivity contribution in [1.82, 2.24) is 15.5 Å². The van der Waals surface area contributed by atoms with E-state index < -0.39 is 35.5 Å². The Hall–Kier alpha value is -3.69. The molecule has 1 atom stereocenters. The number of ether oxygens (including phenoxy) is 1. The summed E-state index contributed by atoms with van der Waals surface area (Å²) >= 11 is 0. The SMILES string of the molecule is CC(NC(=O)OC(C)(C)C)c1nocc1C(=O)ON1C(=O)c2ccccc2C1=O. The van der Waals surface area contributed by atoms with E-state index in [0.717, 1.165) is 6.26 Å². The topological polar surface area (TPSA) is 128 Å². The van der Waals surface area contributed by atoms with Crippen LogP contribution in [0.2, 0.25) is 0 Å². The van der Waals surface area contributed by atoms with Crippen molar-refractivity contribution < 1.29 is 33.3 Å². The summed E-state index contributed by atoms with van der Waals surface area (Å²) in [6, 6.07) is 5.34. The largest absolute Gasteiger partial charge is 0.444 e. The molecule has 1 aliphatic rings. The smallest absolute Gasteiger partial charge is 0.408 e. The normalized spacial score (nSPS) is 14.4. The number of imide groups is 1. The molecule has 10 nitrogen and oxygen atoms in total. The minimum absolute atomic E-state index is 0.0532. The van der Waals surface area contributed by atoms with E-state index in [-0.39, 0.29) is 22.4 Å². The zero-order valence-electron chi connectivity index (χ0n) is 16.2. The van der Waals surface area contributed by atoms with E-state index >= 15 is 0 Å². The van der Waals surface area contributed by atoms with Gasteiger partial charge in [0.1, 0.15) is 23.1 Å². The predicted octanol–water partition coefficient (Wildman–Crippen LogP) is 2.63. The van der Waals surface area contributed by atoms with Gasteiger partial charge >= 0.3 is 12.1 Å². The van der Waals surface area contributed by atoms with Crippen LogP contribution >= 0.6 is 0 Å². The standard InChI is InChI=1S/C19H19N3O7/c1-10(20-18(26)28-19(2,3)4)14-13(9-27-21-14)17(25)29-22-15(23)11-7-5-6-8-12(11)16(22)24/h5-10H,1-4H3,(H,20,26). The molecule has 1 aromatic heterocycles. The molecular formula is C19H19N3O7. The predicted molar refractivity (Wildman–Crippen MR) is 96.6 cm³/mol. The summed E-state index contributed by atoms with van der Waals surface area (Å²) < 4.78 is 9.98. The van der Waals surface area contributed by atoms with Crippen molar-refractivity contribution in [3.8, 4) is 0 Å². The van der Waals surface area contributed by atoms with E-state index in [0.29, 0.717) is 5.06 Å². The molecule has 2 aromatic rings. The van der Waals surface area contributed by atoms with Crippen LogP contribution in [0.5, 0.6) is 0 Å². The third-order valence-corrected chi connectivity index (χ3v) is 3.89. The van der Waals surface area contributed by atoms with Gasteiger partial charge in [0, 0.05) is 0 Å². The van der Waals surface area contributed by atoms with Gasteiger partial charge < -0.3 is 19.4 Å². The lowest BCUT2D eigenvalue weighted by molar-refractivity contribution is -0.0586. The van der Waals surface area contributed by atoms with Crippen LogP contribution in [0.3, 0.4) is 0 Å². The summed E-state index contributed by atoms with van der Waals surface area (Å²) in [6.45, 7) is 6.68. The number of carbonyl (C=O) groups is 4. The fourth-order valence-corrected chi connectivity index (χ4v) is 2.65. The van der Waals surface area contributed by atoms with Crippen LogP contribution in [-0.4, -0.2) is 39.7 Å². The number of nitrogens with one attached hydrogen (secondary N) is 1. The maximum Gasteiger partial charge on any atom is 0.408 e. The van der Waals surface area contributed by atoms with E-state index in [9.17, 15) is 19.2 Å². The Morgan fingerprint density at radius 2 is 1.72 bits per heavy atom. The zero-order chi connectivity index (χ0) is 21.3. The fraction of sp³-hybridized carbons (Fsp3) is 0.316. The summed E-state index contributed by atoms with van der Waals surface area (Å²) in [6.07, 6.45) is 0.288. The minimum Gasteiger partial charge on any atom is -0.444 e. The molecule has 1 N–H and O–H groups in total. The molecule has 1 aromatic carbocycles. The minimum atomic E-state index is -1.03. The number of rotatable bonds is 4. The first-order chi connectivity index (χ1) is 13.6. The maximum absolute atomic E-state index is 12.5. The maximum atomic E-state index is 12.5. The number of amides is 3. The van der Waals surface area contributed by atoms with Crippen molar-refractivity contribution in [2.75, 3.05) is 0 Å². The average molecular weight is 401 g/mol. The highest BCUT2D eigenvalue weighted by Gasteiger charge is 2.39. The van der Waals surface area contributed by atoms with Gasteiger partial charge in [0.2, 0.25) is 0 Å². The van der Waals surface area contributed by atoms with E-state index in [1.807, 2.05) is 0 Å². The number of hydrogen-bond acceptors (Lipinski definition) is 8. The first-order valence-corrected chi connectivity index (χ1v) is 8.72. The van der Waals surface area contributed by atoms with Gasteiger partial charge in [-0.2, -0.15) is 0 Å². The molecule has 0 aliphatic carbocycles. The zero-order valence-corrected chi connectivity index (χ0v) is 16.2. The molecule has 3 rings (SSSR count). The van der Waals surface area contributed by atoms with Crippen molar-refractivity contribution in [2.24, 2.45) is 0 Å². The second kappa shape index (κ2) is 7.38. The Morgan fingerprint density at radius 1 is 1.14 bits per heavy atom.